The van der Waals surface area contributed by atoms with Crippen LogP contribution in [0.2, 0.25) is 0 Å². The van der Waals surface area contributed by atoms with Crippen LogP contribution in [0.5, 0.6) is 0 Å². The largest absolute Gasteiger partial charge is 0.381 e. The number of hydrogen-bond acceptors (Lipinski definition) is 2. The molecular formula is C12H23NO. The minimum absolute atomic E-state index is 0.349. The van der Waals surface area contributed by atoms with Gasteiger partial charge in [0.15, 0.2) is 0 Å². The van der Waals surface area contributed by atoms with E-state index in [1.54, 1.807) is 0 Å². The number of hydrogen-bond donors (Lipinski definition) is 1. The van der Waals surface area contributed by atoms with Crippen molar-refractivity contribution in [1.29, 1.82) is 0 Å². The molecule has 1 heterocycles. The van der Waals surface area contributed by atoms with E-state index in [1.807, 2.05) is 0 Å². The van der Waals surface area contributed by atoms with Gasteiger partial charge in [0.1, 0.15) is 0 Å². The Morgan fingerprint density at radius 1 is 1.21 bits per heavy atom. The number of rotatable bonds is 3. The van der Waals surface area contributed by atoms with Crippen LogP contribution in [0.3, 0.4) is 0 Å². The Morgan fingerprint density at radius 2 is 2.00 bits per heavy atom. The average molecular weight is 197 g/mol. The molecule has 0 radical (unpaired) electrons. The standard InChI is InChI=1S/C12H23NO/c13-9-12(6-7-14-10-12)8-11-4-2-1-3-5-11/h11H,1-10,13H2. The van der Waals surface area contributed by atoms with Gasteiger partial charge >= 0.3 is 0 Å². The molecule has 1 atom stereocenters. The van der Waals surface area contributed by atoms with Crippen LogP contribution in [0.1, 0.15) is 44.9 Å². The van der Waals surface area contributed by atoms with Gasteiger partial charge in [-0.2, -0.15) is 0 Å². The molecule has 0 aromatic rings. The van der Waals surface area contributed by atoms with Crippen molar-refractivity contribution in [3.05, 3.63) is 0 Å². The van der Waals surface area contributed by atoms with E-state index < -0.39 is 0 Å². The molecule has 1 aliphatic carbocycles. The van der Waals surface area contributed by atoms with Crippen LogP contribution in [-0.2, 0) is 4.74 Å². The minimum atomic E-state index is 0.349. The highest BCUT2D eigenvalue weighted by molar-refractivity contribution is 4.87. The molecule has 2 aliphatic rings. The fourth-order valence-corrected chi connectivity index (χ4v) is 3.06. The van der Waals surface area contributed by atoms with Crippen LogP contribution in [-0.4, -0.2) is 19.8 Å². The molecule has 2 rings (SSSR count). The van der Waals surface area contributed by atoms with Crippen LogP contribution in [0.15, 0.2) is 0 Å². The zero-order chi connectivity index (χ0) is 9.86. The smallest absolute Gasteiger partial charge is 0.0535 e. The third kappa shape index (κ3) is 2.29. The Morgan fingerprint density at radius 3 is 2.57 bits per heavy atom. The normalized spacial score (nSPS) is 34.9. The Kier molecular flexibility index (Phi) is 3.45. The molecule has 2 heteroatoms. The molecule has 0 aromatic heterocycles. The topological polar surface area (TPSA) is 35.2 Å². The van der Waals surface area contributed by atoms with E-state index in [0.717, 1.165) is 25.7 Å². The fraction of sp³-hybridized carbons (Fsp3) is 1.00. The third-order valence-corrected chi connectivity index (χ3v) is 4.06. The summed E-state index contributed by atoms with van der Waals surface area (Å²) in [4.78, 5) is 0. The summed E-state index contributed by atoms with van der Waals surface area (Å²) in [5.74, 6) is 0.939. The average Bonchev–Trinajstić information content (AvgIpc) is 2.69. The molecule has 14 heavy (non-hydrogen) atoms. The highest BCUT2D eigenvalue weighted by Crippen LogP contribution is 2.39. The van der Waals surface area contributed by atoms with Gasteiger partial charge in [0.05, 0.1) is 6.61 Å². The molecule has 1 saturated carbocycles. The highest BCUT2D eigenvalue weighted by Gasteiger charge is 2.35. The van der Waals surface area contributed by atoms with E-state index in [4.69, 9.17) is 10.5 Å². The monoisotopic (exact) mass is 197 g/mol. The summed E-state index contributed by atoms with van der Waals surface area (Å²) in [6, 6.07) is 0. The molecule has 1 unspecified atom stereocenters. The summed E-state index contributed by atoms with van der Waals surface area (Å²) in [6.45, 7) is 2.67. The molecular weight excluding hydrogens is 174 g/mol. The molecule has 2 N–H and O–H groups in total. The predicted molar refractivity (Wildman–Crippen MR) is 58.1 cm³/mol. The minimum Gasteiger partial charge on any atom is -0.381 e. The van der Waals surface area contributed by atoms with Gasteiger partial charge in [0, 0.05) is 18.6 Å². The fourth-order valence-electron chi connectivity index (χ4n) is 3.06. The van der Waals surface area contributed by atoms with Crippen molar-refractivity contribution < 1.29 is 4.74 Å². The van der Waals surface area contributed by atoms with Crippen LogP contribution < -0.4 is 5.73 Å². The van der Waals surface area contributed by atoms with Crippen LogP contribution in [0, 0.1) is 11.3 Å². The molecule has 0 spiro atoms. The Balaban J connectivity index is 1.86. The van der Waals surface area contributed by atoms with Crippen LogP contribution in [0.4, 0.5) is 0 Å². The first-order valence-corrected chi connectivity index (χ1v) is 6.12. The summed E-state index contributed by atoms with van der Waals surface area (Å²) in [5.41, 5.74) is 6.26. The summed E-state index contributed by atoms with van der Waals surface area (Å²) in [5, 5.41) is 0. The summed E-state index contributed by atoms with van der Waals surface area (Å²) >= 11 is 0. The van der Waals surface area contributed by atoms with E-state index >= 15 is 0 Å². The van der Waals surface area contributed by atoms with E-state index in [2.05, 4.69) is 0 Å². The van der Waals surface area contributed by atoms with Crippen molar-refractivity contribution in [2.45, 2.75) is 44.9 Å². The molecule has 2 fully saturated rings. The van der Waals surface area contributed by atoms with Crippen molar-refractivity contribution in [3.8, 4) is 0 Å². The SMILES string of the molecule is NCC1(CC2CCCCC2)CCOC1. The molecule has 0 bridgehead atoms. The third-order valence-electron chi connectivity index (χ3n) is 4.06. The number of ether oxygens (including phenoxy) is 1. The lowest BCUT2D eigenvalue weighted by Gasteiger charge is -2.32. The van der Waals surface area contributed by atoms with Gasteiger partial charge in [-0.3, -0.25) is 0 Å². The molecule has 0 amide bonds. The predicted octanol–water partition coefficient (Wildman–Crippen LogP) is 2.32. The second-order valence-electron chi connectivity index (χ2n) is 5.21. The summed E-state index contributed by atoms with van der Waals surface area (Å²) < 4.78 is 5.51. The van der Waals surface area contributed by atoms with Crippen LogP contribution in [0.25, 0.3) is 0 Å². The van der Waals surface area contributed by atoms with Crippen molar-refractivity contribution in [1.82, 2.24) is 0 Å². The molecule has 1 saturated heterocycles. The first kappa shape index (κ1) is 10.4. The number of nitrogens with two attached hydrogens (primary N) is 1. The van der Waals surface area contributed by atoms with Gasteiger partial charge in [0.2, 0.25) is 0 Å². The van der Waals surface area contributed by atoms with Gasteiger partial charge in [0.25, 0.3) is 0 Å². The molecule has 1 aliphatic heterocycles. The van der Waals surface area contributed by atoms with Gasteiger partial charge < -0.3 is 10.5 Å². The summed E-state index contributed by atoms with van der Waals surface area (Å²) in [7, 11) is 0. The first-order chi connectivity index (χ1) is 6.85. The maximum absolute atomic E-state index is 5.91. The molecule has 0 aromatic carbocycles. The van der Waals surface area contributed by atoms with E-state index in [1.165, 1.54) is 44.9 Å². The van der Waals surface area contributed by atoms with E-state index in [9.17, 15) is 0 Å². The molecule has 2 nitrogen and oxygen atoms in total. The summed E-state index contributed by atoms with van der Waals surface area (Å²) in [6.07, 6.45) is 9.70. The van der Waals surface area contributed by atoms with Gasteiger partial charge in [-0.1, -0.05) is 32.1 Å². The first-order valence-electron chi connectivity index (χ1n) is 6.12. The maximum atomic E-state index is 5.91. The lowest BCUT2D eigenvalue weighted by Crippen LogP contribution is -2.33. The second-order valence-corrected chi connectivity index (χ2v) is 5.21. The van der Waals surface area contributed by atoms with Gasteiger partial charge in [-0.25, -0.2) is 0 Å². The maximum Gasteiger partial charge on any atom is 0.0535 e. The van der Waals surface area contributed by atoms with Gasteiger partial charge in [-0.15, -0.1) is 0 Å². The Labute approximate surface area is 87.2 Å². The zero-order valence-corrected chi connectivity index (χ0v) is 9.13. The van der Waals surface area contributed by atoms with E-state index in [-0.39, 0.29) is 0 Å². The van der Waals surface area contributed by atoms with Crippen LogP contribution >= 0.6 is 0 Å². The second kappa shape index (κ2) is 4.63. The van der Waals surface area contributed by atoms with Crippen molar-refractivity contribution in [3.63, 3.8) is 0 Å². The van der Waals surface area contributed by atoms with Gasteiger partial charge in [-0.05, 0) is 18.8 Å². The van der Waals surface area contributed by atoms with Crippen molar-refractivity contribution >= 4 is 0 Å². The Bertz CT molecular complexity index is 169. The Hall–Kier alpha value is -0.0800. The quantitative estimate of drug-likeness (QED) is 0.753. The highest BCUT2D eigenvalue weighted by atomic mass is 16.5. The lowest BCUT2D eigenvalue weighted by atomic mass is 9.74. The van der Waals surface area contributed by atoms with Crippen molar-refractivity contribution in [2.75, 3.05) is 19.8 Å². The molecule has 82 valence electrons. The lowest BCUT2D eigenvalue weighted by molar-refractivity contribution is 0.128. The van der Waals surface area contributed by atoms with Crippen molar-refractivity contribution in [2.24, 2.45) is 17.1 Å². The van der Waals surface area contributed by atoms with E-state index in [0.29, 0.717) is 5.41 Å². The zero-order valence-electron chi connectivity index (χ0n) is 9.13.